The van der Waals surface area contributed by atoms with Crippen LogP contribution in [-0.4, -0.2) is 45.1 Å². The van der Waals surface area contributed by atoms with Crippen molar-refractivity contribution in [3.63, 3.8) is 0 Å². The third-order valence-corrected chi connectivity index (χ3v) is 3.44. The van der Waals surface area contributed by atoms with Gasteiger partial charge in [-0.3, -0.25) is 0 Å². The molecule has 1 rings (SSSR count). The summed E-state index contributed by atoms with van der Waals surface area (Å²) in [5.41, 5.74) is 2.19. The Labute approximate surface area is 126 Å². The molecule has 0 spiro atoms. The average molecular weight is 301 g/mol. The summed E-state index contributed by atoms with van der Waals surface area (Å²) in [4.78, 5) is 2.18. The van der Waals surface area contributed by atoms with E-state index in [0.29, 0.717) is 6.61 Å². The van der Waals surface area contributed by atoms with Crippen LogP contribution in [0.2, 0.25) is 5.02 Å². The van der Waals surface area contributed by atoms with E-state index in [1.807, 2.05) is 6.07 Å². The lowest BCUT2D eigenvalue weighted by Gasteiger charge is -2.24. The monoisotopic (exact) mass is 300 g/mol. The first-order chi connectivity index (χ1) is 9.72. The Morgan fingerprint density at radius 1 is 1.40 bits per heavy atom. The largest absolute Gasteiger partial charge is 0.396 e. The summed E-state index contributed by atoms with van der Waals surface area (Å²) < 4.78 is 4.99. The fraction of sp³-hybridized carbons (Fsp3) is 0.600. The first-order valence-corrected chi connectivity index (χ1v) is 7.44. The van der Waals surface area contributed by atoms with Gasteiger partial charge in [-0.2, -0.15) is 0 Å². The second-order valence-electron chi connectivity index (χ2n) is 4.61. The zero-order valence-electron chi connectivity index (χ0n) is 12.4. The van der Waals surface area contributed by atoms with Gasteiger partial charge in [-0.25, -0.2) is 0 Å². The fourth-order valence-corrected chi connectivity index (χ4v) is 2.36. The summed E-state index contributed by atoms with van der Waals surface area (Å²) in [6.45, 7) is 6.31. The fourth-order valence-electron chi connectivity index (χ4n) is 2.03. The number of methoxy groups -OCH3 is 1. The van der Waals surface area contributed by atoms with Crippen LogP contribution in [0.1, 0.15) is 18.9 Å². The Balaban J connectivity index is 2.61. The minimum absolute atomic E-state index is 0.204. The molecule has 4 nitrogen and oxygen atoms in total. The zero-order chi connectivity index (χ0) is 14.8. The summed E-state index contributed by atoms with van der Waals surface area (Å²) in [5, 5.41) is 13.0. The molecule has 0 fully saturated rings. The van der Waals surface area contributed by atoms with E-state index in [-0.39, 0.29) is 6.61 Å². The maximum atomic E-state index is 8.93. The number of rotatable bonds is 10. The van der Waals surface area contributed by atoms with Crippen LogP contribution in [0.15, 0.2) is 18.2 Å². The first-order valence-electron chi connectivity index (χ1n) is 7.06. The Morgan fingerprint density at radius 3 is 2.80 bits per heavy atom. The highest BCUT2D eigenvalue weighted by Gasteiger charge is 2.09. The van der Waals surface area contributed by atoms with Gasteiger partial charge >= 0.3 is 0 Å². The Hall–Kier alpha value is -0.810. The molecular formula is C15H25ClN2O2. The van der Waals surface area contributed by atoms with E-state index in [2.05, 4.69) is 29.3 Å². The summed E-state index contributed by atoms with van der Waals surface area (Å²) in [6.07, 6.45) is 0.754. The summed E-state index contributed by atoms with van der Waals surface area (Å²) in [7, 11) is 1.69. The van der Waals surface area contributed by atoms with E-state index < -0.39 is 0 Å². The Kier molecular flexibility index (Phi) is 8.62. The molecule has 20 heavy (non-hydrogen) atoms. The van der Waals surface area contributed by atoms with Crippen LogP contribution in [0.5, 0.6) is 0 Å². The van der Waals surface area contributed by atoms with Crippen molar-refractivity contribution in [1.82, 2.24) is 5.32 Å². The van der Waals surface area contributed by atoms with Gasteiger partial charge in [0, 0.05) is 39.9 Å². The van der Waals surface area contributed by atoms with Gasteiger partial charge in [0.2, 0.25) is 0 Å². The third kappa shape index (κ3) is 5.67. The van der Waals surface area contributed by atoms with Gasteiger partial charge in [0.1, 0.15) is 0 Å². The van der Waals surface area contributed by atoms with Crippen molar-refractivity contribution in [2.75, 3.05) is 44.9 Å². The van der Waals surface area contributed by atoms with Crippen molar-refractivity contribution >= 4 is 17.3 Å². The van der Waals surface area contributed by atoms with Crippen LogP contribution in [0, 0.1) is 0 Å². The molecule has 0 amide bonds. The lowest BCUT2D eigenvalue weighted by molar-refractivity contribution is 0.199. The van der Waals surface area contributed by atoms with Crippen LogP contribution < -0.4 is 10.2 Å². The van der Waals surface area contributed by atoms with Crippen LogP contribution >= 0.6 is 11.6 Å². The van der Waals surface area contributed by atoms with E-state index in [9.17, 15) is 0 Å². The smallest absolute Gasteiger partial charge is 0.0642 e. The molecule has 1 aromatic rings. The molecule has 114 valence electrons. The van der Waals surface area contributed by atoms with Gasteiger partial charge in [-0.05, 0) is 31.0 Å². The SMILES string of the molecule is CCN(CCCO)c1ccc(CNCCOC)cc1Cl. The molecule has 0 aliphatic carbocycles. The third-order valence-electron chi connectivity index (χ3n) is 3.13. The molecule has 0 aliphatic heterocycles. The maximum Gasteiger partial charge on any atom is 0.0642 e. The molecule has 2 N–H and O–H groups in total. The summed E-state index contributed by atoms with van der Waals surface area (Å²) in [6, 6.07) is 6.14. The van der Waals surface area contributed by atoms with Crippen molar-refractivity contribution in [2.24, 2.45) is 0 Å². The number of aliphatic hydroxyl groups excluding tert-OH is 1. The number of aliphatic hydroxyl groups is 1. The zero-order valence-corrected chi connectivity index (χ0v) is 13.1. The molecule has 0 saturated carbocycles. The minimum atomic E-state index is 0.204. The number of ether oxygens (including phenoxy) is 1. The molecule has 0 bridgehead atoms. The number of nitrogens with one attached hydrogen (secondary N) is 1. The maximum absolute atomic E-state index is 8.93. The van der Waals surface area contributed by atoms with Crippen LogP contribution in [0.4, 0.5) is 5.69 Å². The quantitative estimate of drug-likeness (QED) is 0.651. The standard InChI is InChI=1S/C15H25ClN2O2/c1-3-18(8-4-9-19)15-6-5-13(11-14(15)16)12-17-7-10-20-2/h5-6,11,17,19H,3-4,7-10,12H2,1-2H3. The molecule has 0 radical (unpaired) electrons. The van der Waals surface area contributed by atoms with Crippen molar-refractivity contribution in [2.45, 2.75) is 19.9 Å². The number of hydrogen-bond acceptors (Lipinski definition) is 4. The van der Waals surface area contributed by atoms with Crippen molar-refractivity contribution in [3.05, 3.63) is 28.8 Å². The highest BCUT2D eigenvalue weighted by molar-refractivity contribution is 6.33. The van der Waals surface area contributed by atoms with E-state index in [1.165, 1.54) is 0 Å². The predicted octanol–water partition coefficient (Wildman–Crippen LogP) is 2.28. The molecule has 0 saturated heterocycles. The van der Waals surface area contributed by atoms with Gasteiger partial charge in [0.15, 0.2) is 0 Å². The van der Waals surface area contributed by atoms with Crippen LogP contribution in [0.3, 0.4) is 0 Å². The topological polar surface area (TPSA) is 44.7 Å². The van der Waals surface area contributed by atoms with Crippen LogP contribution in [0.25, 0.3) is 0 Å². The van der Waals surface area contributed by atoms with Gasteiger partial charge in [-0.15, -0.1) is 0 Å². The molecule has 0 aromatic heterocycles. The molecule has 0 heterocycles. The minimum Gasteiger partial charge on any atom is -0.396 e. The number of benzene rings is 1. The highest BCUT2D eigenvalue weighted by atomic mass is 35.5. The second-order valence-corrected chi connectivity index (χ2v) is 5.02. The summed E-state index contributed by atoms with van der Waals surface area (Å²) >= 11 is 6.37. The van der Waals surface area contributed by atoms with Gasteiger partial charge in [0.05, 0.1) is 17.3 Å². The number of anilines is 1. The van der Waals surface area contributed by atoms with Gasteiger partial charge < -0.3 is 20.1 Å². The number of halogens is 1. The summed E-state index contributed by atoms with van der Waals surface area (Å²) in [5.74, 6) is 0. The number of hydrogen-bond donors (Lipinski definition) is 2. The Morgan fingerprint density at radius 2 is 2.20 bits per heavy atom. The predicted molar refractivity (Wildman–Crippen MR) is 84.6 cm³/mol. The van der Waals surface area contributed by atoms with Crippen molar-refractivity contribution in [1.29, 1.82) is 0 Å². The van der Waals surface area contributed by atoms with Crippen molar-refractivity contribution < 1.29 is 9.84 Å². The lowest BCUT2D eigenvalue weighted by atomic mass is 10.2. The molecule has 1 aromatic carbocycles. The first kappa shape index (κ1) is 17.2. The van der Waals surface area contributed by atoms with Crippen molar-refractivity contribution in [3.8, 4) is 0 Å². The molecule has 0 unspecified atom stereocenters. The molecule has 0 aliphatic rings. The Bertz CT molecular complexity index is 388. The highest BCUT2D eigenvalue weighted by Crippen LogP contribution is 2.27. The molecular weight excluding hydrogens is 276 g/mol. The normalized spacial score (nSPS) is 10.8. The van der Waals surface area contributed by atoms with Gasteiger partial charge in [-0.1, -0.05) is 17.7 Å². The lowest BCUT2D eigenvalue weighted by Crippen LogP contribution is -2.25. The van der Waals surface area contributed by atoms with E-state index in [1.54, 1.807) is 7.11 Å². The van der Waals surface area contributed by atoms with Gasteiger partial charge in [0.25, 0.3) is 0 Å². The van der Waals surface area contributed by atoms with Crippen LogP contribution in [-0.2, 0) is 11.3 Å². The van der Waals surface area contributed by atoms with E-state index >= 15 is 0 Å². The average Bonchev–Trinajstić information content (AvgIpc) is 2.46. The number of nitrogens with zero attached hydrogens (tertiary/aromatic N) is 1. The van der Waals surface area contributed by atoms with E-state index in [4.69, 9.17) is 21.4 Å². The van der Waals surface area contributed by atoms with E-state index in [0.717, 1.165) is 48.9 Å². The second kappa shape index (κ2) is 10.00. The molecule has 0 atom stereocenters. The molecule has 5 heteroatoms.